The van der Waals surface area contributed by atoms with Gasteiger partial charge in [0.25, 0.3) is 0 Å². The molecule has 2 heteroatoms. The van der Waals surface area contributed by atoms with Gasteiger partial charge in [-0.25, -0.2) is 0 Å². The monoisotopic (exact) mass is 128 g/mol. The van der Waals surface area contributed by atoms with Gasteiger partial charge in [0, 0.05) is 12.1 Å². The zero-order valence-electron chi connectivity index (χ0n) is 6.17. The van der Waals surface area contributed by atoms with E-state index < -0.39 is 0 Å². The highest BCUT2D eigenvalue weighted by Crippen LogP contribution is 2.02. The number of rotatable bonds is 3. The SMILES string of the molecule is C=CC(C)[C@@H](N)C(C)N. The minimum Gasteiger partial charge on any atom is -0.327 e. The van der Waals surface area contributed by atoms with Gasteiger partial charge in [0.15, 0.2) is 0 Å². The summed E-state index contributed by atoms with van der Waals surface area (Å²) in [6.45, 7) is 7.55. The van der Waals surface area contributed by atoms with Crippen LogP contribution in [0.15, 0.2) is 12.7 Å². The van der Waals surface area contributed by atoms with Gasteiger partial charge in [-0.3, -0.25) is 0 Å². The van der Waals surface area contributed by atoms with Gasteiger partial charge in [-0.05, 0) is 12.8 Å². The molecule has 0 aliphatic heterocycles. The molecule has 0 fully saturated rings. The molecule has 0 aliphatic carbocycles. The van der Waals surface area contributed by atoms with E-state index in [2.05, 4.69) is 6.58 Å². The molecule has 0 aromatic rings. The van der Waals surface area contributed by atoms with E-state index in [0.717, 1.165) is 0 Å². The molecule has 0 spiro atoms. The van der Waals surface area contributed by atoms with E-state index in [1.54, 1.807) is 0 Å². The molecule has 4 N–H and O–H groups in total. The second-order valence-corrected chi connectivity index (χ2v) is 2.53. The maximum Gasteiger partial charge on any atom is 0.0250 e. The molecule has 0 radical (unpaired) electrons. The van der Waals surface area contributed by atoms with Crippen LogP contribution >= 0.6 is 0 Å². The van der Waals surface area contributed by atoms with Crippen molar-refractivity contribution in [3.63, 3.8) is 0 Å². The summed E-state index contributed by atoms with van der Waals surface area (Å²) in [5, 5.41) is 0. The van der Waals surface area contributed by atoms with Crippen molar-refractivity contribution in [2.75, 3.05) is 0 Å². The lowest BCUT2D eigenvalue weighted by molar-refractivity contribution is 0.467. The van der Waals surface area contributed by atoms with Crippen molar-refractivity contribution in [3.05, 3.63) is 12.7 Å². The number of hydrogen-bond donors (Lipinski definition) is 2. The van der Waals surface area contributed by atoms with Gasteiger partial charge in [-0.2, -0.15) is 0 Å². The first-order valence-electron chi connectivity index (χ1n) is 3.23. The Labute approximate surface area is 56.9 Å². The Kier molecular flexibility index (Phi) is 3.50. The van der Waals surface area contributed by atoms with E-state index in [-0.39, 0.29) is 12.1 Å². The van der Waals surface area contributed by atoms with Crippen LogP contribution in [0.25, 0.3) is 0 Å². The molecule has 0 rings (SSSR count). The number of hydrogen-bond acceptors (Lipinski definition) is 2. The highest BCUT2D eigenvalue weighted by molar-refractivity contribution is 4.87. The first kappa shape index (κ1) is 8.66. The van der Waals surface area contributed by atoms with Crippen molar-refractivity contribution in [1.29, 1.82) is 0 Å². The Balaban J connectivity index is 3.71. The van der Waals surface area contributed by atoms with Crippen molar-refractivity contribution < 1.29 is 0 Å². The van der Waals surface area contributed by atoms with E-state index in [0.29, 0.717) is 5.92 Å². The van der Waals surface area contributed by atoms with Crippen molar-refractivity contribution in [1.82, 2.24) is 0 Å². The highest BCUT2D eigenvalue weighted by Gasteiger charge is 2.12. The maximum absolute atomic E-state index is 5.67. The molecule has 0 aliphatic rings. The Hall–Kier alpha value is -0.340. The van der Waals surface area contributed by atoms with Gasteiger partial charge in [0.2, 0.25) is 0 Å². The average molecular weight is 128 g/mol. The van der Waals surface area contributed by atoms with Gasteiger partial charge >= 0.3 is 0 Å². The fourth-order valence-electron chi connectivity index (χ4n) is 0.636. The van der Waals surface area contributed by atoms with E-state index in [1.807, 2.05) is 19.9 Å². The summed E-state index contributed by atoms with van der Waals surface area (Å²) in [5.41, 5.74) is 11.2. The molecule has 9 heavy (non-hydrogen) atoms. The Morgan fingerprint density at radius 3 is 1.89 bits per heavy atom. The van der Waals surface area contributed by atoms with E-state index in [4.69, 9.17) is 11.5 Å². The lowest BCUT2D eigenvalue weighted by Crippen LogP contribution is -2.42. The average Bonchev–Trinajstić information content (AvgIpc) is 1.84. The van der Waals surface area contributed by atoms with Gasteiger partial charge in [-0.1, -0.05) is 13.0 Å². The topological polar surface area (TPSA) is 52.0 Å². The Bertz CT molecular complexity index is 88.9. The summed E-state index contributed by atoms with van der Waals surface area (Å²) < 4.78 is 0. The first-order valence-corrected chi connectivity index (χ1v) is 3.23. The number of nitrogens with two attached hydrogens (primary N) is 2. The van der Waals surface area contributed by atoms with Crippen LogP contribution < -0.4 is 11.5 Å². The van der Waals surface area contributed by atoms with Crippen LogP contribution in [0.1, 0.15) is 13.8 Å². The third kappa shape index (κ3) is 2.63. The molecule has 3 atom stereocenters. The van der Waals surface area contributed by atoms with Crippen molar-refractivity contribution in [2.24, 2.45) is 17.4 Å². The highest BCUT2D eigenvalue weighted by atomic mass is 14.8. The van der Waals surface area contributed by atoms with Crippen LogP contribution in [-0.4, -0.2) is 12.1 Å². The second kappa shape index (κ2) is 3.64. The summed E-state index contributed by atoms with van der Waals surface area (Å²) in [7, 11) is 0. The molecule has 0 bridgehead atoms. The molecule has 2 nitrogen and oxygen atoms in total. The van der Waals surface area contributed by atoms with Gasteiger partial charge < -0.3 is 11.5 Å². The minimum atomic E-state index is 0.0440. The Morgan fingerprint density at radius 1 is 1.33 bits per heavy atom. The van der Waals surface area contributed by atoms with Crippen molar-refractivity contribution >= 4 is 0 Å². The zero-order chi connectivity index (χ0) is 7.44. The summed E-state index contributed by atoms with van der Waals surface area (Å²) in [4.78, 5) is 0. The van der Waals surface area contributed by atoms with Crippen molar-refractivity contribution in [3.8, 4) is 0 Å². The normalized spacial score (nSPS) is 20.4. The van der Waals surface area contributed by atoms with Crippen LogP contribution in [0.4, 0.5) is 0 Å². The lowest BCUT2D eigenvalue weighted by atomic mass is 9.98. The quantitative estimate of drug-likeness (QED) is 0.543. The molecule has 54 valence electrons. The first-order chi connectivity index (χ1) is 4.09. The molecule has 0 saturated carbocycles. The van der Waals surface area contributed by atoms with Crippen molar-refractivity contribution in [2.45, 2.75) is 25.9 Å². The van der Waals surface area contributed by atoms with Crippen LogP contribution in [0.3, 0.4) is 0 Å². The summed E-state index contributed by atoms with van der Waals surface area (Å²) in [6.07, 6.45) is 1.83. The van der Waals surface area contributed by atoms with Gasteiger partial charge in [0.05, 0.1) is 0 Å². The molecular formula is C7H16N2. The second-order valence-electron chi connectivity index (χ2n) is 2.53. The molecule has 0 saturated heterocycles. The predicted molar refractivity (Wildman–Crippen MR) is 41.0 cm³/mol. The fourth-order valence-corrected chi connectivity index (χ4v) is 0.636. The molecule has 0 amide bonds. The third-order valence-electron chi connectivity index (χ3n) is 1.59. The molecular weight excluding hydrogens is 112 g/mol. The van der Waals surface area contributed by atoms with Gasteiger partial charge in [0.1, 0.15) is 0 Å². The van der Waals surface area contributed by atoms with Gasteiger partial charge in [-0.15, -0.1) is 6.58 Å². The summed E-state index contributed by atoms with van der Waals surface area (Å²) in [5.74, 6) is 0.310. The van der Waals surface area contributed by atoms with Crippen LogP contribution in [0, 0.1) is 5.92 Å². The smallest absolute Gasteiger partial charge is 0.0250 e. The van der Waals surface area contributed by atoms with E-state index >= 15 is 0 Å². The fraction of sp³-hybridized carbons (Fsp3) is 0.714. The molecule has 0 aromatic carbocycles. The Morgan fingerprint density at radius 2 is 1.78 bits per heavy atom. The third-order valence-corrected chi connectivity index (χ3v) is 1.59. The lowest BCUT2D eigenvalue weighted by Gasteiger charge is -2.19. The van der Waals surface area contributed by atoms with Crippen LogP contribution in [-0.2, 0) is 0 Å². The molecule has 0 heterocycles. The predicted octanol–water partition coefficient (Wildman–Crippen LogP) is 0.483. The standard InChI is InChI=1S/C7H16N2/c1-4-5(2)7(9)6(3)8/h4-7H,1,8-9H2,2-3H3/t5?,6?,7-/m1/s1. The largest absolute Gasteiger partial charge is 0.327 e. The molecule has 2 unspecified atom stereocenters. The van der Waals surface area contributed by atoms with E-state index in [1.165, 1.54) is 0 Å². The van der Waals surface area contributed by atoms with E-state index in [9.17, 15) is 0 Å². The maximum atomic E-state index is 5.67. The minimum absolute atomic E-state index is 0.0440. The van der Waals surface area contributed by atoms with Crippen LogP contribution in [0.5, 0.6) is 0 Å². The summed E-state index contributed by atoms with van der Waals surface area (Å²) >= 11 is 0. The molecule has 0 aromatic heterocycles. The summed E-state index contributed by atoms with van der Waals surface area (Å²) in [6, 6.07) is 0.0977. The van der Waals surface area contributed by atoms with Crippen LogP contribution in [0.2, 0.25) is 0 Å². The zero-order valence-corrected chi connectivity index (χ0v) is 6.17.